The van der Waals surface area contributed by atoms with E-state index in [0.717, 1.165) is 47.7 Å². The van der Waals surface area contributed by atoms with E-state index in [1.807, 2.05) is 59.0 Å². The minimum atomic E-state index is 0.0544. The first-order valence-electron chi connectivity index (χ1n) is 10.7. The van der Waals surface area contributed by atoms with Crippen LogP contribution in [0.5, 0.6) is 5.75 Å². The molecule has 160 valence electrons. The van der Waals surface area contributed by atoms with Gasteiger partial charge in [0.15, 0.2) is 0 Å². The Kier molecular flexibility index (Phi) is 5.94. The van der Waals surface area contributed by atoms with Crippen LogP contribution in [-0.4, -0.2) is 34.0 Å². The highest BCUT2D eigenvalue weighted by molar-refractivity contribution is 5.98. The first-order valence-corrected chi connectivity index (χ1v) is 10.7. The Morgan fingerprint density at radius 2 is 1.97 bits per heavy atom. The second kappa shape index (κ2) is 8.80. The number of aromatic nitrogens is 2. The lowest BCUT2D eigenvalue weighted by atomic mass is 9.95. The maximum atomic E-state index is 13.3. The topological polar surface area (TPSA) is 47.4 Å². The zero-order valence-electron chi connectivity index (χ0n) is 18.6. The van der Waals surface area contributed by atoms with Crippen LogP contribution in [-0.2, 0) is 4.79 Å². The van der Waals surface area contributed by atoms with Crippen LogP contribution in [0, 0.1) is 13.8 Å². The summed E-state index contributed by atoms with van der Waals surface area (Å²) < 4.78 is 7.57. The Bertz CT molecular complexity index is 1130. The molecular formula is C26H29N3O2. The molecule has 0 unspecified atom stereocenters. The van der Waals surface area contributed by atoms with Crippen molar-refractivity contribution in [2.75, 3.05) is 13.7 Å². The number of methoxy groups -OCH3 is 1. The molecule has 4 rings (SSSR count). The monoisotopic (exact) mass is 415 g/mol. The van der Waals surface area contributed by atoms with Gasteiger partial charge in [0.25, 0.3) is 0 Å². The molecule has 1 aromatic heterocycles. The van der Waals surface area contributed by atoms with Gasteiger partial charge in [-0.25, -0.2) is 4.98 Å². The average molecular weight is 416 g/mol. The Morgan fingerprint density at radius 3 is 2.68 bits per heavy atom. The Morgan fingerprint density at radius 1 is 1.16 bits per heavy atom. The van der Waals surface area contributed by atoms with E-state index in [2.05, 4.69) is 31.0 Å². The molecule has 1 saturated heterocycles. The molecule has 1 amide bonds. The molecule has 0 spiro atoms. The normalized spacial score (nSPS) is 16.6. The fraction of sp³-hybridized carbons (Fsp3) is 0.308. The molecule has 0 radical (unpaired) electrons. The summed E-state index contributed by atoms with van der Waals surface area (Å²) >= 11 is 0. The highest BCUT2D eigenvalue weighted by Crippen LogP contribution is 2.31. The van der Waals surface area contributed by atoms with Crippen molar-refractivity contribution >= 4 is 12.0 Å². The predicted octanol–water partition coefficient (Wildman–Crippen LogP) is 5.26. The van der Waals surface area contributed by atoms with E-state index in [4.69, 9.17) is 4.74 Å². The molecule has 0 saturated carbocycles. The average Bonchev–Trinajstić information content (AvgIpc) is 3.21. The van der Waals surface area contributed by atoms with E-state index in [1.54, 1.807) is 13.4 Å². The smallest absolute Gasteiger partial charge is 0.250 e. The van der Waals surface area contributed by atoms with Gasteiger partial charge in [-0.1, -0.05) is 30.3 Å². The van der Waals surface area contributed by atoms with Gasteiger partial charge in [0.1, 0.15) is 5.75 Å². The van der Waals surface area contributed by atoms with E-state index in [0.29, 0.717) is 0 Å². The molecule has 1 aliphatic heterocycles. The molecule has 1 atom stereocenters. The molecular weight excluding hydrogens is 386 g/mol. The van der Waals surface area contributed by atoms with Crippen LogP contribution in [0.15, 0.2) is 60.6 Å². The van der Waals surface area contributed by atoms with Gasteiger partial charge in [-0.15, -0.1) is 0 Å². The van der Waals surface area contributed by atoms with E-state index in [-0.39, 0.29) is 11.9 Å². The number of likely N-dealkylation sites (tertiary alicyclic amines) is 1. The van der Waals surface area contributed by atoms with Gasteiger partial charge in [-0.3, -0.25) is 4.79 Å². The van der Waals surface area contributed by atoms with Crippen molar-refractivity contribution in [3.63, 3.8) is 0 Å². The minimum absolute atomic E-state index is 0.0544. The van der Waals surface area contributed by atoms with Crippen molar-refractivity contribution in [2.45, 2.75) is 39.7 Å². The van der Waals surface area contributed by atoms with Gasteiger partial charge < -0.3 is 14.2 Å². The summed E-state index contributed by atoms with van der Waals surface area (Å²) in [6.07, 6.45) is 7.51. The number of ether oxygens (including phenoxy) is 1. The maximum Gasteiger partial charge on any atom is 0.250 e. The Hall–Kier alpha value is -3.34. The van der Waals surface area contributed by atoms with Gasteiger partial charge in [0.05, 0.1) is 30.9 Å². The third kappa shape index (κ3) is 4.26. The van der Waals surface area contributed by atoms with Gasteiger partial charge >= 0.3 is 0 Å². The molecule has 5 heteroatoms. The summed E-state index contributed by atoms with van der Waals surface area (Å²) in [6.45, 7) is 6.97. The number of amides is 1. The summed E-state index contributed by atoms with van der Waals surface area (Å²) in [7, 11) is 1.66. The van der Waals surface area contributed by atoms with Crippen LogP contribution in [0.25, 0.3) is 11.8 Å². The second-order valence-corrected chi connectivity index (χ2v) is 8.16. The van der Waals surface area contributed by atoms with Crippen molar-refractivity contribution < 1.29 is 9.53 Å². The summed E-state index contributed by atoms with van der Waals surface area (Å²) in [5.74, 6) is 0.871. The lowest BCUT2D eigenvalue weighted by molar-refractivity contribution is -0.130. The SMILES string of the molecule is COc1cc(/C=C2\CCCN([C@H](C)c3ccccc3C)C2=O)ccc1-n1cnc(C)c1. The number of benzene rings is 2. The lowest BCUT2D eigenvalue weighted by Crippen LogP contribution is -2.39. The van der Waals surface area contributed by atoms with Crippen molar-refractivity contribution in [1.82, 2.24) is 14.5 Å². The highest BCUT2D eigenvalue weighted by atomic mass is 16.5. The Balaban J connectivity index is 1.61. The van der Waals surface area contributed by atoms with Gasteiger partial charge in [-0.2, -0.15) is 0 Å². The molecule has 2 heterocycles. The van der Waals surface area contributed by atoms with E-state index >= 15 is 0 Å². The summed E-state index contributed by atoms with van der Waals surface area (Å²) in [4.78, 5) is 19.6. The molecule has 5 nitrogen and oxygen atoms in total. The van der Waals surface area contributed by atoms with Crippen molar-refractivity contribution in [3.05, 3.63) is 82.9 Å². The predicted molar refractivity (Wildman–Crippen MR) is 123 cm³/mol. The molecule has 31 heavy (non-hydrogen) atoms. The zero-order valence-corrected chi connectivity index (χ0v) is 18.6. The fourth-order valence-corrected chi connectivity index (χ4v) is 4.31. The van der Waals surface area contributed by atoms with Crippen LogP contribution in [0.2, 0.25) is 0 Å². The number of hydrogen-bond acceptors (Lipinski definition) is 3. The molecule has 0 N–H and O–H groups in total. The van der Waals surface area contributed by atoms with Gasteiger partial charge in [0, 0.05) is 18.3 Å². The second-order valence-electron chi connectivity index (χ2n) is 8.16. The number of carbonyl (C=O) groups is 1. The van der Waals surface area contributed by atoms with Crippen LogP contribution in [0.4, 0.5) is 0 Å². The number of piperidine rings is 1. The molecule has 2 aromatic carbocycles. The van der Waals surface area contributed by atoms with Crippen molar-refractivity contribution in [3.8, 4) is 11.4 Å². The first-order chi connectivity index (χ1) is 15.0. The number of nitrogens with zero attached hydrogens (tertiary/aromatic N) is 3. The van der Waals surface area contributed by atoms with E-state index < -0.39 is 0 Å². The highest BCUT2D eigenvalue weighted by Gasteiger charge is 2.28. The number of rotatable bonds is 5. The summed E-state index contributed by atoms with van der Waals surface area (Å²) in [6, 6.07) is 14.4. The molecule has 0 aliphatic carbocycles. The van der Waals surface area contributed by atoms with Crippen molar-refractivity contribution in [1.29, 1.82) is 0 Å². The maximum absolute atomic E-state index is 13.3. The molecule has 0 bridgehead atoms. The largest absolute Gasteiger partial charge is 0.495 e. The van der Waals surface area contributed by atoms with Gasteiger partial charge in [-0.05, 0) is 68.5 Å². The molecule has 3 aromatic rings. The van der Waals surface area contributed by atoms with Crippen LogP contribution in [0.3, 0.4) is 0 Å². The first kappa shape index (κ1) is 20.9. The lowest BCUT2D eigenvalue weighted by Gasteiger charge is -2.34. The number of imidazole rings is 1. The third-order valence-corrected chi connectivity index (χ3v) is 6.02. The number of aryl methyl sites for hydroxylation is 2. The van der Waals surface area contributed by atoms with Crippen LogP contribution in [0.1, 0.15) is 48.2 Å². The standard InChI is InChI=1S/C26H29N3O2/c1-18-8-5-6-10-23(18)20(3)29-13-7-9-22(26(29)30)14-21-11-12-24(25(15-21)31-4)28-16-19(2)27-17-28/h5-6,8,10-12,14-17,20H,7,9,13H2,1-4H3/b22-14+/t20-/m1/s1. The number of hydrogen-bond donors (Lipinski definition) is 0. The van der Waals surface area contributed by atoms with Crippen LogP contribution < -0.4 is 4.74 Å². The zero-order chi connectivity index (χ0) is 22.0. The summed E-state index contributed by atoms with van der Waals surface area (Å²) in [5.41, 5.74) is 6.11. The third-order valence-electron chi connectivity index (χ3n) is 6.02. The van der Waals surface area contributed by atoms with E-state index in [1.165, 1.54) is 11.1 Å². The van der Waals surface area contributed by atoms with Gasteiger partial charge in [0.2, 0.25) is 5.91 Å². The van der Waals surface area contributed by atoms with Crippen LogP contribution >= 0.6 is 0 Å². The molecule has 1 fully saturated rings. The van der Waals surface area contributed by atoms with E-state index in [9.17, 15) is 4.79 Å². The summed E-state index contributed by atoms with van der Waals surface area (Å²) in [5, 5.41) is 0. The fourth-order valence-electron chi connectivity index (χ4n) is 4.31. The number of carbonyl (C=O) groups excluding carboxylic acids is 1. The quantitative estimate of drug-likeness (QED) is 0.534. The Labute approximate surface area is 184 Å². The minimum Gasteiger partial charge on any atom is -0.495 e. The molecule has 1 aliphatic rings. The van der Waals surface area contributed by atoms with Crippen molar-refractivity contribution in [2.24, 2.45) is 0 Å².